The molecule has 1 fully saturated rings. The van der Waals surface area contributed by atoms with Crippen LogP contribution in [0.3, 0.4) is 0 Å². The minimum atomic E-state index is 0.136. The molecule has 2 rings (SSSR count). The lowest BCUT2D eigenvalue weighted by molar-refractivity contribution is 0.659. The summed E-state index contributed by atoms with van der Waals surface area (Å²) >= 11 is 0. The van der Waals surface area contributed by atoms with E-state index in [2.05, 4.69) is 49.6 Å². The van der Waals surface area contributed by atoms with Gasteiger partial charge in [0.2, 0.25) is 0 Å². The van der Waals surface area contributed by atoms with E-state index in [0.29, 0.717) is 0 Å². The molecule has 106 valence electrons. The molecule has 1 aromatic rings. The van der Waals surface area contributed by atoms with E-state index in [1.165, 1.54) is 30.8 Å². The van der Waals surface area contributed by atoms with Gasteiger partial charge in [-0.15, -0.1) is 6.58 Å². The number of allylic oxidation sites excluding steroid dienone is 1. The van der Waals surface area contributed by atoms with Crippen LogP contribution in [-0.4, -0.2) is 13.1 Å². The van der Waals surface area contributed by atoms with Crippen LogP contribution in [0.4, 0.5) is 5.69 Å². The Morgan fingerprint density at radius 2 is 2.00 bits per heavy atom. The van der Waals surface area contributed by atoms with E-state index in [-0.39, 0.29) is 6.04 Å². The summed E-state index contributed by atoms with van der Waals surface area (Å²) in [6, 6.07) is 8.80. The molecule has 2 N–H and O–H groups in total. The molecule has 2 unspecified atom stereocenters. The standard InChI is InChI=1S/C13H20N2.C4H8/c1-10-7-8-15(9-10)13-5-3-12(4-6-13)11(2)14;1-3-4-2/h3-6,10-11H,7-9,14H2,1-2H3;3H,1,4H2,2H3. The zero-order chi connectivity index (χ0) is 14.3. The molecule has 0 saturated carbocycles. The highest BCUT2D eigenvalue weighted by molar-refractivity contribution is 5.48. The molecule has 0 radical (unpaired) electrons. The molecular weight excluding hydrogens is 232 g/mol. The summed E-state index contributed by atoms with van der Waals surface area (Å²) in [4.78, 5) is 2.45. The number of hydrogen-bond acceptors (Lipinski definition) is 2. The van der Waals surface area contributed by atoms with Crippen LogP contribution in [0.25, 0.3) is 0 Å². The van der Waals surface area contributed by atoms with Crippen molar-refractivity contribution in [1.82, 2.24) is 0 Å². The van der Waals surface area contributed by atoms with Crippen LogP contribution in [0.15, 0.2) is 36.9 Å². The maximum absolute atomic E-state index is 5.83. The highest BCUT2D eigenvalue weighted by Gasteiger charge is 2.18. The van der Waals surface area contributed by atoms with E-state index in [0.717, 1.165) is 12.3 Å². The van der Waals surface area contributed by atoms with Crippen LogP contribution in [0, 0.1) is 5.92 Å². The first-order chi connectivity index (χ1) is 9.08. The van der Waals surface area contributed by atoms with Crippen LogP contribution < -0.4 is 10.6 Å². The Morgan fingerprint density at radius 1 is 1.42 bits per heavy atom. The normalized spacial score (nSPS) is 19.6. The van der Waals surface area contributed by atoms with Gasteiger partial charge >= 0.3 is 0 Å². The van der Waals surface area contributed by atoms with Gasteiger partial charge in [-0.1, -0.05) is 32.1 Å². The summed E-state index contributed by atoms with van der Waals surface area (Å²) in [5, 5.41) is 0. The molecule has 0 amide bonds. The summed E-state index contributed by atoms with van der Waals surface area (Å²) < 4.78 is 0. The van der Waals surface area contributed by atoms with Gasteiger partial charge in [0.15, 0.2) is 0 Å². The first-order valence-corrected chi connectivity index (χ1v) is 7.29. The number of anilines is 1. The van der Waals surface area contributed by atoms with Gasteiger partial charge in [-0.3, -0.25) is 0 Å². The monoisotopic (exact) mass is 260 g/mol. The van der Waals surface area contributed by atoms with Crippen LogP contribution in [0.1, 0.15) is 45.2 Å². The molecule has 1 aromatic carbocycles. The van der Waals surface area contributed by atoms with Gasteiger partial charge in [0.05, 0.1) is 0 Å². The number of nitrogens with two attached hydrogens (primary N) is 1. The first-order valence-electron chi connectivity index (χ1n) is 7.29. The number of benzene rings is 1. The SMILES string of the molecule is C=CCC.CC1CCN(c2ccc(C(C)N)cc2)C1. The second-order valence-corrected chi connectivity index (χ2v) is 5.42. The van der Waals surface area contributed by atoms with Crippen molar-refractivity contribution in [2.75, 3.05) is 18.0 Å². The van der Waals surface area contributed by atoms with Crippen molar-refractivity contribution in [2.24, 2.45) is 11.7 Å². The van der Waals surface area contributed by atoms with Gasteiger partial charge in [0, 0.05) is 24.8 Å². The fourth-order valence-corrected chi connectivity index (χ4v) is 2.16. The van der Waals surface area contributed by atoms with E-state index >= 15 is 0 Å². The van der Waals surface area contributed by atoms with Crippen molar-refractivity contribution in [3.05, 3.63) is 42.5 Å². The maximum Gasteiger partial charge on any atom is 0.0366 e. The van der Waals surface area contributed by atoms with E-state index in [9.17, 15) is 0 Å². The van der Waals surface area contributed by atoms with Crippen molar-refractivity contribution in [3.63, 3.8) is 0 Å². The third-order valence-corrected chi connectivity index (χ3v) is 3.50. The third kappa shape index (κ3) is 5.07. The lowest BCUT2D eigenvalue weighted by Gasteiger charge is -2.18. The van der Waals surface area contributed by atoms with E-state index in [4.69, 9.17) is 5.73 Å². The molecule has 2 heteroatoms. The van der Waals surface area contributed by atoms with Crippen molar-refractivity contribution >= 4 is 5.69 Å². The average molecular weight is 260 g/mol. The minimum absolute atomic E-state index is 0.136. The number of nitrogens with zero attached hydrogens (tertiary/aromatic N) is 1. The van der Waals surface area contributed by atoms with Crippen molar-refractivity contribution < 1.29 is 0 Å². The Bertz CT molecular complexity index is 367. The van der Waals surface area contributed by atoms with Gasteiger partial charge < -0.3 is 10.6 Å². The minimum Gasteiger partial charge on any atom is -0.371 e. The van der Waals surface area contributed by atoms with Crippen molar-refractivity contribution in [2.45, 2.75) is 39.7 Å². The van der Waals surface area contributed by atoms with Gasteiger partial charge in [0.1, 0.15) is 0 Å². The summed E-state index contributed by atoms with van der Waals surface area (Å²) in [6.45, 7) is 12.3. The predicted octanol–water partition coefficient (Wildman–Crippen LogP) is 4.13. The zero-order valence-corrected chi connectivity index (χ0v) is 12.6. The predicted molar refractivity (Wildman–Crippen MR) is 85.5 cm³/mol. The van der Waals surface area contributed by atoms with Gasteiger partial charge in [-0.05, 0) is 43.4 Å². The largest absolute Gasteiger partial charge is 0.371 e. The van der Waals surface area contributed by atoms with Crippen LogP contribution >= 0.6 is 0 Å². The first kappa shape index (κ1) is 15.8. The molecule has 1 heterocycles. The van der Waals surface area contributed by atoms with Gasteiger partial charge in [-0.25, -0.2) is 0 Å². The molecule has 2 atom stereocenters. The topological polar surface area (TPSA) is 29.3 Å². The highest BCUT2D eigenvalue weighted by atomic mass is 15.1. The number of hydrogen-bond donors (Lipinski definition) is 1. The summed E-state index contributed by atoms with van der Waals surface area (Å²) in [7, 11) is 0. The molecule has 1 aliphatic rings. The second kappa shape index (κ2) is 8.00. The van der Waals surface area contributed by atoms with E-state index < -0.39 is 0 Å². The molecule has 2 nitrogen and oxygen atoms in total. The smallest absolute Gasteiger partial charge is 0.0366 e. The lowest BCUT2D eigenvalue weighted by atomic mass is 10.1. The zero-order valence-electron chi connectivity index (χ0n) is 12.6. The summed E-state index contributed by atoms with van der Waals surface area (Å²) in [5.41, 5.74) is 8.38. The number of rotatable bonds is 3. The quantitative estimate of drug-likeness (QED) is 0.828. The Hall–Kier alpha value is -1.28. The van der Waals surface area contributed by atoms with Crippen LogP contribution in [0.5, 0.6) is 0 Å². The van der Waals surface area contributed by atoms with Crippen LogP contribution in [-0.2, 0) is 0 Å². The van der Waals surface area contributed by atoms with E-state index in [1.54, 1.807) is 0 Å². The van der Waals surface area contributed by atoms with Crippen LogP contribution in [0.2, 0.25) is 0 Å². The highest BCUT2D eigenvalue weighted by Crippen LogP contribution is 2.24. The average Bonchev–Trinajstić information content (AvgIpc) is 2.86. The second-order valence-electron chi connectivity index (χ2n) is 5.42. The Balaban J connectivity index is 0.000000399. The molecule has 0 aromatic heterocycles. The fourth-order valence-electron chi connectivity index (χ4n) is 2.16. The molecule has 0 aliphatic carbocycles. The molecule has 0 bridgehead atoms. The van der Waals surface area contributed by atoms with Gasteiger partial charge in [0.25, 0.3) is 0 Å². The molecular formula is C17H28N2. The van der Waals surface area contributed by atoms with Gasteiger partial charge in [-0.2, -0.15) is 0 Å². The maximum atomic E-state index is 5.83. The lowest BCUT2D eigenvalue weighted by Crippen LogP contribution is -2.19. The molecule has 19 heavy (non-hydrogen) atoms. The Kier molecular flexibility index (Phi) is 6.65. The molecule has 0 spiro atoms. The molecule has 1 aliphatic heterocycles. The Labute approximate surface area is 118 Å². The fraction of sp³-hybridized carbons (Fsp3) is 0.529. The summed E-state index contributed by atoms with van der Waals surface area (Å²) in [6.07, 6.45) is 4.27. The molecule has 1 saturated heterocycles. The summed E-state index contributed by atoms with van der Waals surface area (Å²) in [5.74, 6) is 0.832. The van der Waals surface area contributed by atoms with Crippen molar-refractivity contribution in [1.29, 1.82) is 0 Å². The van der Waals surface area contributed by atoms with E-state index in [1.807, 2.05) is 13.0 Å². The Morgan fingerprint density at radius 3 is 2.37 bits per heavy atom. The van der Waals surface area contributed by atoms with Crippen molar-refractivity contribution in [3.8, 4) is 0 Å². The third-order valence-electron chi connectivity index (χ3n) is 3.50.